The lowest BCUT2D eigenvalue weighted by Crippen LogP contribution is -2.42. The van der Waals surface area contributed by atoms with Gasteiger partial charge in [-0.25, -0.2) is 9.78 Å². The van der Waals surface area contributed by atoms with E-state index in [0.29, 0.717) is 5.52 Å². The van der Waals surface area contributed by atoms with Crippen molar-refractivity contribution in [1.82, 2.24) is 9.97 Å². The van der Waals surface area contributed by atoms with Crippen LogP contribution in [0.4, 0.5) is 19.1 Å². The number of aromatic nitrogens is 2. The third-order valence-electron chi connectivity index (χ3n) is 4.12. The highest BCUT2D eigenvalue weighted by Gasteiger charge is 2.39. The van der Waals surface area contributed by atoms with E-state index in [4.69, 9.17) is 4.74 Å². The van der Waals surface area contributed by atoms with Gasteiger partial charge in [0.05, 0.1) is 23.7 Å². The van der Waals surface area contributed by atoms with Crippen LogP contribution in [0.3, 0.4) is 0 Å². The van der Waals surface area contributed by atoms with Crippen molar-refractivity contribution in [1.29, 1.82) is 0 Å². The monoisotopic (exact) mass is 363 g/mol. The van der Waals surface area contributed by atoms with E-state index in [1.54, 1.807) is 18.2 Å². The number of carbonyl (C=O) groups excluding carboxylic acids is 1. The second kappa shape index (κ2) is 6.36. The molecule has 1 heterocycles. The average molecular weight is 363 g/mol. The Kier molecular flexibility index (Phi) is 4.35. The van der Waals surface area contributed by atoms with E-state index in [1.807, 2.05) is 6.07 Å². The van der Waals surface area contributed by atoms with Gasteiger partial charge < -0.3 is 15.0 Å². The standard InChI is InChI=1S/C18H16F3N3O2/c1-17(15(25)26-2,11-6-5-7-12(10-11)18(19,20)21)24-16-22-13-8-3-4-9-14(13)23-16/h3-10H,1-2H3,(H2,22,23,24). The fraction of sp³-hybridized carbons (Fsp3) is 0.222. The van der Waals surface area contributed by atoms with Gasteiger partial charge in [0, 0.05) is 0 Å². The number of fused-ring (bicyclic) bond motifs is 1. The van der Waals surface area contributed by atoms with Gasteiger partial charge in [0.1, 0.15) is 0 Å². The largest absolute Gasteiger partial charge is 0.467 e. The molecule has 0 bridgehead atoms. The van der Waals surface area contributed by atoms with Crippen LogP contribution in [0.15, 0.2) is 48.5 Å². The van der Waals surface area contributed by atoms with E-state index in [2.05, 4.69) is 15.3 Å². The fourth-order valence-corrected chi connectivity index (χ4v) is 2.70. The number of benzene rings is 2. The molecular weight excluding hydrogens is 347 g/mol. The van der Waals surface area contributed by atoms with Crippen LogP contribution in [0.25, 0.3) is 11.0 Å². The first-order valence-corrected chi connectivity index (χ1v) is 7.73. The van der Waals surface area contributed by atoms with Crippen molar-refractivity contribution in [2.45, 2.75) is 18.6 Å². The van der Waals surface area contributed by atoms with Crippen molar-refractivity contribution < 1.29 is 22.7 Å². The minimum Gasteiger partial charge on any atom is -0.467 e. The molecule has 0 spiro atoms. The molecule has 0 aliphatic heterocycles. The third-order valence-corrected chi connectivity index (χ3v) is 4.12. The van der Waals surface area contributed by atoms with Crippen molar-refractivity contribution in [3.63, 3.8) is 0 Å². The molecule has 0 saturated heterocycles. The number of rotatable bonds is 4. The number of imidazole rings is 1. The molecule has 0 aliphatic carbocycles. The van der Waals surface area contributed by atoms with Crippen LogP contribution in [-0.4, -0.2) is 23.0 Å². The molecule has 3 rings (SSSR count). The van der Waals surface area contributed by atoms with E-state index < -0.39 is 23.2 Å². The third kappa shape index (κ3) is 3.22. The van der Waals surface area contributed by atoms with E-state index in [0.717, 1.165) is 17.6 Å². The molecule has 0 radical (unpaired) electrons. The number of anilines is 1. The Balaban J connectivity index is 2.05. The first kappa shape index (κ1) is 17.8. The van der Waals surface area contributed by atoms with Gasteiger partial charge in [-0.05, 0) is 36.8 Å². The van der Waals surface area contributed by atoms with Gasteiger partial charge in [0.2, 0.25) is 5.95 Å². The maximum Gasteiger partial charge on any atom is 0.416 e. The average Bonchev–Trinajstić information content (AvgIpc) is 3.02. The van der Waals surface area contributed by atoms with Gasteiger partial charge in [0.15, 0.2) is 5.54 Å². The van der Waals surface area contributed by atoms with Crippen molar-refractivity contribution in [2.24, 2.45) is 0 Å². The summed E-state index contributed by atoms with van der Waals surface area (Å²) in [6.45, 7) is 1.45. The van der Waals surface area contributed by atoms with E-state index in [9.17, 15) is 18.0 Å². The van der Waals surface area contributed by atoms with Crippen LogP contribution < -0.4 is 5.32 Å². The maximum atomic E-state index is 13.1. The quantitative estimate of drug-likeness (QED) is 0.686. The first-order valence-electron chi connectivity index (χ1n) is 7.73. The number of para-hydroxylation sites is 2. The zero-order valence-electron chi connectivity index (χ0n) is 14.0. The zero-order valence-corrected chi connectivity index (χ0v) is 14.0. The summed E-state index contributed by atoms with van der Waals surface area (Å²) in [5.41, 5.74) is -0.919. The molecule has 136 valence electrons. The Bertz CT molecular complexity index is 919. The molecule has 26 heavy (non-hydrogen) atoms. The van der Waals surface area contributed by atoms with Crippen molar-refractivity contribution in [3.05, 3.63) is 59.7 Å². The molecule has 5 nitrogen and oxygen atoms in total. The van der Waals surface area contributed by atoms with Gasteiger partial charge in [0.25, 0.3) is 0 Å². The minimum absolute atomic E-state index is 0.111. The Morgan fingerprint density at radius 3 is 2.46 bits per heavy atom. The highest BCUT2D eigenvalue weighted by atomic mass is 19.4. The number of nitrogens with zero attached hydrogens (tertiary/aromatic N) is 1. The topological polar surface area (TPSA) is 67.0 Å². The van der Waals surface area contributed by atoms with E-state index >= 15 is 0 Å². The van der Waals surface area contributed by atoms with Crippen LogP contribution in [0.5, 0.6) is 0 Å². The second-order valence-corrected chi connectivity index (χ2v) is 5.92. The number of hydrogen-bond donors (Lipinski definition) is 2. The normalized spacial score (nSPS) is 14.0. The highest BCUT2D eigenvalue weighted by Crippen LogP contribution is 2.34. The number of nitrogens with one attached hydrogen (secondary N) is 2. The number of aromatic amines is 1. The number of hydrogen-bond acceptors (Lipinski definition) is 4. The molecule has 0 aliphatic rings. The Labute approximate surface area is 147 Å². The van der Waals surface area contributed by atoms with Gasteiger partial charge in [-0.15, -0.1) is 0 Å². The lowest BCUT2D eigenvalue weighted by atomic mass is 9.90. The molecule has 0 amide bonds. The number of esters is 1. The Morgan fingerprint density at radius 2 is 1.81 bits per heavy atom. The second-order valence-electron chi connectivity index (χ2n) is 5.92. The van der Waals surface area contributed by atoms with Gasteiger partial charge in [-0.3, -0.25) is 0 Å². The van der Waals surface area contributed by atoms with Gasteiger partial charge >= 0.3 is 12.1 Å². The van der Waals surface area contributed by atoms with Crippen LogP contribution in [0, 0.1) is 0 Å². The van der Waals surface area contributed by atoms with E-state index in [-0.39, 0.29) is 11.5 Å². The van der Waals surface area contributed by atoms with E-state index in [1.165, 1.54) is 26.2 Å². The predicted molar refractivity (Wildman–Crippen MR) is 90.5 cm³/mol. The first-order chi connectivity index (χ1) is 12.2. The molecule has 2 aromatic carbocycles. The predicted octanol–water partition coefficient (Wildman–Crippen LogP) is 4.08. The summed E-state index contributed by atoms with van der Waals surface area (Å²) in [6.07, 6.45) is -4.52. The minimum atomic E-state index is -4.52. The zero-order chi connectivity index (χ0) is 18.9. The molecule has 8 heteroatoms. The van der Waals surface area contributed by atoms with Crippen molar-refractivity contribution in [2.75, 3.05) is 12.4 Å². The molecule has 3 aromatic rings. The van der Waals surface area contributed by atoms with Crippen LogP contribution in [-0.2, 0) is 21.2 Å². The molecule has 1 atom stereocenters. The van der Waals surface area contributed by atoms with Crippen LogP contribution in [0.2, 0.25) is 0 Å². The molecule has 0 saturated carbocycles. The van der Waals surface area contributed by atoms with Crippen molar-refractivity contribution in [3.8, 4) is 0 Å². The highest BCUT2D eigenvalue weighted by molar-refractivity contribution is 5.86. The summed E-state index contributed by atoms with van der Waals surface area (Å²) in [7, 11) is 1.18. The number of carbonyl (C=O) groups is 1. The summed E-state index contributed by atoms with van der Waals surface area (Å²) in [5.74, 6) is -0.492. The summed E-state index contributed by atoms with van der Waals surface area (Å²) >= 11 is 0. The van der Waals surface area contributed by atoms with Crippen molar-refractivity contribution >= 4 is 23.0 Å². The summed E-state index contributed by atoms with van der Waals surface area (Å²) in [4.78, 5) is 19.7. The number of alkyl halides is 3. The fourth-order valence-electron chi connectivity index (χ4n) is 2.70. The smallest absolute Gasteiger partial charge is 0.416 e. The Hall–Kier alpha value is -3.03. The van der Waals surface area contributed by atoms with Crippen LogP contribution in [0.1, 0.15) is 18.1 Å². The lowest BCUT2D eigenvalue weighted by Gasteiger charge is -2.28. The number of ether oxygens (including phenoxy) is 1. The summed E-state index contributed by atoms with van der Waals surface area (Å²) in [5, 5.41) is 2.88. The van der Waals surface area contributed by atoms with Crippen LogP contribution >= 0.6 is 0 Å². The Morgan fingerprint density at radius 1 is 1.12 bits per heavy atom. The number of H-pyrrole nitrogens is 1. The molecular formula is C18H16F3N3O2. The lowest BCUT2D eigenvalue weighted by molar-refractivity contribution is -0.146. The molecule has 1 aromatic heterocycles. The van der Waals surface area contributed by atoms with Gasteiger partial charge in [-0.1, -0.05) is 24.3 Å². The molecule has 1 unspecified atom stereocenters. The number of methoxy groups -OCH3 is 1. The SMILES string of the molecule is COC(=O)C(C)(Nc1nc2ccccc2[nH]1)c1cccc(C(F)(F)F)c1. The summed E-state index contributed by atoms with van der Waals surface area (Å²) < 4.78 is 44.0. The maximum absolute atomic E-state index is 13.1. The number of halogens is 3. The summed E-state index contributed by atoms with van der Waals surface area (Å²) in [6, 6.07) is 11.7. The van der Waals surface area contributed by atoms with Gasteiger partial charge in [-0.2, -0.15) is 13.2 Å². The molecule has 2 N–H and O–H groups in total. The molecule has 0 fully saturated rings.